The summed E-state index contributed by atoms with van der Waals surface area (Å²) in [4.78, 5) is 10.6. The topological polar surface area (TPSA) is 80.7 Å². The van der Waals surface area contributed by atoms with Crippen molar-refractivity contribution in [2.75, 3.05) is 6.26 Å². The van der Waals surface area contributed by atoms with E-state index >= 15 is 0 Å². The molecule has 15 heavy (non-hydrogen) atoms. The van der Waals surface area contributed by atoms with E-state index in [0.717, 1.165) is 6.26 Å². The minimum absolute atomic E-state index is 0.0442. The van der Waals surface area contributed by atoms with Crippen LogP contribution in [0.25, 0.3) is 0 Å². The van der Waals surface area contributed by atoms with Gasteiger partial charge in [-0.2, -0.15) is 8.42 Å². The molecule has 0 aliphatic rings. The number of benzene rings is 1. The maximum atomic E-state index is 10.8. The van der Waals surface area contributed by atoms with Crippen LogP contribution >= 0.6 is 15.9 Å². The van der Waals surface area contributed by atoms with Gasteiger partial charge in [-0.05, 0) is 34.1 Å². The van der Waals surface area contributed by atoms with Crippen molar-refractivity contribution in [1.29, 1.82) is 0 Å². The molecule has 0 atom stereocenters. The van der Waals surface area contributed by atoms with Gasteiger partial charge in [0.05, 0.1) is 16.3 Å². The molecule has 82 valence electrons. The van der Waals surface area contributed by atoms with Crippen molar-refractivity contribution in [3.63, 3.8) is 0 Å². The van der Waals surface area contributed by atoms with Crippen LogP contribution in [0.2, 0.25) is 0 Å². The summed E-state index contributed by atoms with van der Waals surface area (Å²) in [6.07, 6.45) is 0.907. The largest absolute Gasteiger partial charge is 0.478 e. The Morgan fingerprint density at radius 1 is 1.47 bits per heavy atom. The van der Waals surface area contributed by atoms with Crippen molar-refractivity contribution in [2.45, 2.75) is 0 Å². The second-order valence-electron chi connectivity index (χ2n) is 2.74. The Kier molecular flexibility index (Phi) is 3.35. The van der Waals surface area contributed by atoms with Crippen molar-refractivity contribution in [3.05, 3.63) is 28.2 Å². The first-order valence-electron chi connectivity index (χ1n) is 3.72. The van der Waals surface area contributed by atoms with Crippen LogP contribution in [0.1, 0.15) is 10.4 Å². The maximum absolute atomic E-state index is 10.8. The lowest BCUT2D eigenvalue weighted by Gasteiger charge is -2.05. The third-order valence-electron chi connectivity index (χ3n) is 1.42. The molecule has 0 radical (unpaired) electrons. The molecule has 0 amide bonds. The Bertz CT molecular complexity index is 494. The zero-order valence-electron chi connectivity index (χ0n) is 7.60. The van der Waals surface area contributed by atoms with Gasteiger partial charge in [-0.15, -0.1) is 0 Å². The molecule has 1 aromatic rings. The summed E-state index contributed by atoms with van der Waals surface area (Å²) < 4.78 is 26.5. The fraction of sp³-hybridized carbons (Fsp3) is 0.125. The summed E-state index contributed by atoms with van der Waals surface area (Å²) >= 11 is 3.02. The number of halogens is 1. The summed E-state index contributed by atoms with van der Waals surface area (Å²) in [7, 11) is -3.61. The van der Waals surface area contributed by atoms with Gasteiger partial charge in [0, 0.05) is 0 Å². The molecule has 0 aliphatic carbocycles. The van der Waals surface area contributed by atoms with Crippen LogP contribution in [0.3, 0.4) is 0 Å². The quantitative estimate of drug-likeness (QED) is 0.854. The summed E-state index contributed by atoms with van der Waals surface area (Å²) in [6.45, 7) is 0. The summed E-state index contributed by atoms with van der Waals surface area (Å²) in [5.41, 5.74) is 0.0442. The lowest BCUT2D eigenvalue weighted by molar-refractivity contribution is 0.0697. The van der Waals surface area contributed by atoms with Crippen LogP contribution in [-0.2, 0) is 10.1 Å². The highest BCUT2D eigenvalue weighted by atomic mass is 79.9. The van der Waals surface area contributed by atoms with Gasteiger partial charge in [0.2, 0.25) is 0 Å². The predicted molar refractivity (Wildman–Crippen MR) is 56.6 cm³/mol. The number of hydrogen-bond donors (Lipinski definition) is 1. The third kappa shape index (κ3) is 3.52. The first-order valence-corrected chi connectivity index (χ1v) is 6.33. The van der Waals surface area contributed by atoms with E-state index in [2.05, 4.69) is 20.1 Å². The number of carboxylic acid groups (broad SMARTS) is 1. The second kappa shape index (κ2) is 4.19. The first-order chi connectivity index (χ1) is 6.79. The molecule has 0 saturated carbocycles. The molecule has 7 heteroatoms. The Balaban J connectivity index is 3.09. The SMILES string of the molecule is CS(=O)(=O)Oc1ccc(C(=O)O)cc1Br. The van der Waals surface area contributed by atoms with Crippen LogP contribution in [0.4, 0.5) is 0 Å². The van der Waals surface area contributed by atoms with Crippen LogP contribution < -0.4 is 4.18 Å². The number of rotatable bonds is 3. The van der Waals surface area contributed by atoms with Crippen LogP contribution in [0.15, 0.2) is 22.7 Å². The summed E-state index contributed by atoms with van der Waals surface area (Å²) in [6, 6.07) is 3.80. The van der Waals surface area contributed by atoms with E-state index in [1.165, 1.54) is 18.2 Å². The molecular weight excluding hydrogens is 288 g/mol. The summed E-state index contributed by atoms with van der Waals surface area (Å²) in [5.74, 6) is -1.04. The number of hydrogen-bond acceptors (Lipinski definition) is 4. The fourth-order valence-electron chi connectivity index (χ4n) is 0.865. The Hall–Kier alpha value is -1.08. The van der Waals surface area contributed by atoms with E-state index in [0.29, 0.717) is 0 Å². The lowest BCUT2D eigenvalue weighted by Crippen LogP contribution is -2.06. The normalized spacial score (nSPS) is 11.1. The van der Waals surface area contributed by atoms with E-state index in [1.807, 2.05) is 0 Å². The molecule has 0 spiro atoms. The minimum atomic E-state index is -3.61. The highest BCUT2D eigenvalue weighted by Crippen LogP contribution is 2.26. The molecule has 0 fully saturated rings. The van der Waals surface area contributed by atoms with Gasteiger partial charge in [-0.25, -0.2) is 4.79 Å². The van der Waals surface area contributed by atoms with E-state index in [1.54, 1.807) is 0 Å². The van der Waals surface area contributed by atoms with Crippen molar-refractivity contribution < 1.29 is 22.5 Å². The maximum Gasteiger partial charge on any atom is 0.335 e. The molecule has 0 aromatic heterocycles. The molecule has 1 aromatic carbocycles. The summed E-state index contributed by atoms with van der Waals surface area (Å²) in [5, 5.41) is 8.65. The molecular formula is C8H7BrO5S. The number of aromatic carboxylic acids is 1. The molecule has 0 bridgehead atoms. The zero-order chi connectivity index (χ0) is 11.6. The Morgan fingerprint density at radius 2 is 2.07 bits per heavy atom. The van der Waals surface area contributed by atoms with Crippen molar-refractivity contribution in [3.8, 4) is 5.75 Å². The van der Waals surface area contributed by atoms with Crippen molar-refractivity contribution >= 4 is 32.0 Å². The van der Waals surface area contributed by atoms with Crippen LogP contribution in [0, 0.1) is 0 Å². The van der Waals surface area contributed by atoms with Crippen LogP contribution in [0.5, 0.6) is 5.75 Å². The standard InChI is InChI=1S/C8H7BrO5S/c1-15(12,13)14-7-3-2-5(8(10)11)4-6(7)9/h2-4H,1H3,(H,10,11). The molecule has 0 heterocycles. The predicted octanol–water partition coefficient (Wildman–Crippen LogP) is 1.49. The van der Waals surface area contributed by atoms with E-state index < -0.39 is 16.1 Å². The van der Waals surface area contributed by atoms with Gasteiger partial charge in [-0.3, -0.25) is 0 Å². The molecule has 0 saturated heterocycles. The molecule has 0 aliphatic heterocycles. The van der Waals surface area contributed by atoms with Gasteiger partial charge in [0.1, 0.15) is 0 Å². The smallest absolute Gasteiger partial charge is 0.335 e. The van der Waals surface area contributed by atoms with Gasteiger partial charge >= 0.3 is 16.1 Å². The second-order valence-corrected chi connectivity index (χ2v) is 5.17. The van der Waals surface area contributed by atoms with Crippen molar-refractivity contribution in [1.82, 2.24) is 0 Å². The molecule has 1 rings (SSSR count). The van der Waals surface area contributed by atoms with E-state index in [9.17, 15) is 13.2 Å². The van der Waals surface area contributed by atoms with Crippen LogP contribution in [-0.4, -0.2) is 25.7 Å². The zero-order valence-corrected chi connectivity index (χ0v) is 10.0. The molecule has 1 N–H and O–H groups in total. The highest BCUT2D eigenvalue weighted by Gasteiger charge is 2.11. The van der Waals surface area contributed by atoms with E-state index in [-0.39, 0.29) is 15.8 Å². The Labute approximate surface area is 94.9 Å². The monoisotopic (exact) mass is 294 g/mol. The molecule has 0 unspecified atom stereocenters. The highest BCUT2D eigenvalue weighted by molar-refractivity contribution is 9.10. The van der Waals surface area contributed by atoms with Gasteiger partial charge < -0.3 is 9.29 Å². The third-order valence-corrected chi connectivity index (χ3v) is 2.52. The van der Waals surface area contributed by atoms with E-state index in [4.69, 9.17) is 5.11 Å². The average Bonchev–Trinajstić information content (AvgIpc) is 2.05. The van der Waals surface area contributed by atoms with Gasteiger partial charge in [0.15, 0.2) is 5.75 Å². The number of carboxylic acids is 1. The van der Waals surface area contributed by atoms with Gasteiger partial charge in [0.25, 0.3) is 0 Å². The molecule has 5 nitrogen and oxygen atoms in total. The lowest BCUT2D eigenvalue weighted by atomic mass is 10.2. The average molecular weight is 295 g/mol. The minimum Gasteiger partial charge on any atom is -0.478 e. The van der Waals surface area contributed by atoms with Crippen molar-refractivity contribution in [2.24, 2.45) is 0 Å². The Morgan fingerprint density at radius 3 is 2.47 bits per heavy atom. The van der Waals surface area contributed by atoms with Gasteiger partial charge in [-0.1, -0.05) is 0 Å². The number of carbonyl (C=O) groups is 1. The first kappa shape index (κ1) is 12.0. The fourth-order valence-corrected chi connectivity index (χ4v) is 1.90.